The Morgan fingerprint density at radius 2 is 2.21 bits per heavy atom. The Hall–Kier alpha value is -0.870. The van der Waals surface area contributed by atoms with E-state index in [0.717, 1.165) is 22.3 Å². The summed E-state index contributed by atoms with van der Waals surface area (Å²) in [5.41, 5.74) is 2.15. The smallest absolute Gasteiger partial charge is 0.178 e. The second-order valence-corrected chi connectivity index (χ2v) is 3.72. The van der Waals surface area contributed by atoms with Gasteiger partial charge in [0, 0.05) is 13.7 Å². The summed E-state index contributed by atoms with van der Waals surface area (Å²) in [4.78, 5) is 4.39. The number of halogens is 1. The molecule has 0 atom stereocenters. The Morgan fingerprint density at radius 1 is 1.43 bits per heavy atom. The zero-order valence-electron chi connectivity index (χ0n) is 7.90. The maximum atomic E-state index is 5.05. The summed E-state index contributed by atoms with van der Waals surface area (Å²) in [5.74, 6) is 0. The Morgan fingerprint density at radius 3 is 3.00 bits per heavy atom. The van der Waals surface area contributed by atoms with Crippen molar-refractivity contribution >= 4 is 27.0 Å². The van der Waals surface area contributed by atoms with Crippen LogP contribution in [0.25, 0.3) is 11.0 Å². The standard InChI is InChI=1S/C10H11BrN2O/c1-14-7-6-13-9-5-3-2-4-8(9)12-10(13)11/h2-5H,6-7H2,1H3. The quantitative estimate of drug-likeness (QED) is 0.842. The van der Waals surface area contributed by atoms with Crippen LogP contribution in [-0.2, 0) is 11.3 Å². The van der Waals surface area contributed by atoms with Crippen molar-refractivity contribution in [2.75, 3.05) is 13.7 Å². The molecule has 14 heavy (non-hydrogen) atoms. The van der Waals surface area contributed by atoms with Gasteiger partial charge in [0.15, 0.2) is 4.73 Å². The van der Waals surface area contributed by atoms with Crippen molar-refractivity contribution in [1.29, 1.82) is 0 Å². The van der Waals surface area contributed by atoms with Gasteiger partial charge in [-0.1, -0.05) is 12.1 Å². The first-order valence-corrected chi connectivity index (χ1v) is 5.22. The molecule has 0 spiro atoms. The number of rotatable bonds is 3. The van der Waals surface area contributed by atoms with E-state index in [1.54, 1.807) is 7.11 Å². The first-order chi connectivity index (χ1) is 6.83. The van der Waals surface area contributed by atoms with Gasteiger partial charge in [0.05, 0.1) is 17.6 Å². The van der Waals surface area contributed by atoms with Gasteiger partial charge in [0.1, 0.15) is 0 Å². The zero-order chi connectivity index (χ0) is 9.97. The van der Waals surface area contributed by atoms with E-state index in [1.165, 1.54) is 0 Å². The summed E-state index contributed by atoms with van der Waals surface area (Å²) >= 11 is 3.44. The largest absolute Gasteiger partial charge is 0.383 e. The Balaban J connectivity index is 2.45. The van der Waals surface area contributed by atoms with Crippen LogP contribution >= 0.6 is 15.9 Å². The number of hydrogen-bond donors (Lipinski definition) is 0. The topological polar surface area (TPSA) is 27.1 Å². The number of hydrogen-bond acceptors (Lipinski definition) is 2. The van der Waals surface area contributed by atoms with Crippen molar-refractivity contribution in [2.24, 2.45) is 0 Å². The molecule has 2 aromatic rings. The highest BCUT2D eigenvalue weighted by atomic mass is 79.9. The Kier molecular flexibility index (Phi) is 2.84. The van der Waals surface area contributed by atoms with E-state index in [1.807, 2.05) is 18.2 Å². The van der Waals surface area contributed by atoms with Crippen molar-refractivity contribution < 1.29 is 4.74 Å². The highest BCUT2D eigenvalue weighted by molar-refractivity contribution is 9.10. The summed E-state index contributed by atoms with van der Waals surface area (Å²) in [6, 6.07) is 8.06. The van der Waals surface area contributed by atoms with Crippen molar-refractivity contribution in [1.82, 2.24) is 9.55 Å². The molecule has 3 nitrogen and oxygen atoms in total. The number of benzene rings is 1. The SMILES string of the molecule is COCCn1c(Br)nc2ccccc21. The first-order valence-electron chi connectivity index (χ1n) is 4.42. The molecule has 0 amide bonds. The molecule has 1 aromatic heterocycles. The molecule has 0 unspecified atom stereocenters. The molecule has 74 valence electrons. The van der Waals surface area contributed by atoms with E-state index in [2.05, 4.69) is 31.5 Å². The Bertz CT molecular complexity index is 439. The fraction of sp³-hybridized carbons (Fsp3) is 0.300. The van der Waals surface area contributed by atoms with Crippen LogP contribution in [0.1, 0.15) is 0 Å². The third-order valence-electron chi connectivity index (χ3n) is 2.13. The van der Waals surface area contributed by atoms with Crippen molar-refractivity contribution in [3.63, 3.8) is 0 Å². The number of nitrogens with zero attached hydrogens (tertiary/aromatic N) is 2. The molecule has 2 rings (SSSR count). The number of methoxy groups -OCH3 is 1. The number of ether oxygens (including phenoxy) is 1. The van der Waals surface area contributed by atoms with E-state index >= 15 is 0 Å². The van der Waals surface area contributed by atoms with Crippen LogP contribution in [0.4, 0.5) is 0 Å². The van der Waals surface area contributed by atoms with Gasteiger partial charge in [-0.3, -0.25) is 0 Å². The second-order valence-electron chi connectivity index (χ2n) is 3.01. The van der Waals surface area contributed by atoms with Gasteiger partial charge in [0.25, 0.3) is 0 Å². The minimum absolute atomic E-state index is 0.693. The highest BCUT2D eigenvalue weighted by Gasteiger charge is 2.06. The molecule has 1 aromatic carbocycles. The van der Waals surface area contributed by atoms with E-state index in [9.17, 15) is 0 Å². The predicted molar refractivity (Wildman–Crippen MR) is 59.3 cm³/mol. The lowest BCUT2D eigenvalue weighted by Crippen LogP contribution is -2.03. The number of para-hydroxylation sites is 2. The third kappa shape index (κ3) is 1.67. The lowest BCUT2D eigenvalue weighted by Gasteiger charge is -2.03. The molecule has 0 bridgehead atoms. The number of imidazole rings is 1. The average molecular weight is 255 g/mol. The lowest BCUT2D eigenvalue weighted by atomic mass is 10.3. The zero-order valence-corrected chi connectivity index (χ0v) is 9.49. The predicted octanol–water partition coefficient (Wildman–Crippen LogP) is 2.45. The van der Waals surface area contributed by atoms with Crippen LogP contribution in [-0.4, -0.2) is 23.3 Å². The second kappa shape index (κ2) is 4.11. The van der Waals surface area contributed by atoms with Crippen molar-refractivity contribution in [3.8, 4) is 0 Å². The monoisotopic (exact) mass is 254 g/mol. The minimum Gasteiger partial charge on any atom is -0.383 e. The molecule has 0 N–H and O–H groups in total. The van der Waals surface area contributed by atoms with Crippen molar-refractivity contribution in [3.05, 3.63) is 29.0 Å². The molecule has 0 aliphatic carbocycles. The van der Waals surface area contributed by atoms with Crippen LogP contribution in [0.2, 0.25) is 0 Å². The third-order valence-corrected chi connectivity index (χ3v) is 2.73. The maximum Gasteiger partial charge on any atom is 0.178 e. The fourth-order valence-corrected chi connectivity index (χ4v) is 2.00. The van der Waals surface area contributed by atoms with Crippen molar-refractivity contribution in [2.45, 2.75) is 6.54 Å². The van der Waals surface area contributed by atoms with Gasteiger partial charge in [0.2, 0.25) is 0 Å². The van der Waals surface area contributed by atoms with E-state index < -0.39 is 0 Å². The molecule has 4 heteroatoms. The van der Waals surface area contributed by atoms with Gasteiger partial charge < -0.3 is 9.30 Å². The molecule has 0 saturated carbocycles. The van der Waals surface area contributed by atoms with Gasteiger partial charge >= 0.3 is 0 Å². The molecule has 1 heterocycles. The molecule has 0 aliphatic rings. The number of fused-ring (bicyclic) bond motifs is 1. The maximum absolute atomic E-state index is 5.05. The van der Waals surface area contributed by atoms with Crippen LogP contribution in [0, 0.1) is 0 Å². The highest BCUT2D eigenvalue weighted by Crippen LogP contribution is 2.19. The molecule has 0 aliphatic heterocycles. The lowest BCUT2D eigenvalue weighted by molar-refractivity contribution is 0.187. The first kappa shape index (κ1) is 9.68. The summed E-state index contributed by atoms with van der Waals surface area (Å²) in [7, 11) is 1.70. The molecular formula is C10H11BrN2O. The van der Waals surface area contributed by atoms with Gasteiger partial charge in [-0.05, 0) is 28.1 Å². The van der Waals surface area contributed by atoms with Crippen LogP contribution in [0.15, 0.2) is 29.0 Å². The van der Waals surface area contributed by atoms with Gasteiger partial charge in [-0.25, -0.2) is 4.98 Å². The van der Waals surface area contributed by atoms with Gasteiger partial charge in [-0.2, -0.15) is 0 Å². The minimum atomic E-state index is 0.693. The number of aromatic nitrogens is 2. The van der Waals surface area contributed by atoms with E-state index in [-0.39, 0.29) is 0 Å². The van der Waals surface area contributed by atoms with E-state index in [4.69, 9.17) is 4.74 Å². The van der Waals surface area contributed by atoms with Crippen LogP contribution in [0.5, 0.6) is 0 Å². The summed E-state index contributed by atoms with van der Waals surface area (Å²) in [5, 5.41) is 0. The van der Waals surface area contributed by atoms with Gasteiger partial charge in [-0.15, -0.1) is 0 Å². The Labute approximate surface area is 90.8 Å². The van der Waals surface area contributed by atoms with E-state index in [0.29, 0.717) is 6.61 Å². The summed E-state index contributed by atoms with van der Waals surface area (Å²) in [6.07, 6.45) is 0. The average Bonchev–Trinajstić information content (AvgIpc) is 2.51. The summed E-state index contributed by atoms with van der Waals surface area (Å²) < 4.78 is 8.00. The molecule has 0 fully saturated rings. The summed E-state index contributed by atoms with van der Waals surface area (Å²) in [6.45, 7) is 1.51. The normalized spacial score (nSPS) is 11.0. The van der Waals surface area contributed by atoms with Crippen LogP contribution in [0.3, 0.4) is 0 Å². The van der Waals surface area contributed by atoms with Crippen LogP contribution < -0.4 is 0 Å². The molecule has 0 radical (unpaired) electrons. The fourth-order valence-electron chi connectivity index (χ4n) is 1.44. The molecular weight excluding hydrogens is 244 g/mol. The molecule has 0 saturated heterocycles.